The summed E-state index contributed by atoms with van der Waals surface area (Å²) in [5.41, 5.74) is 3.93. The van der Waals surface area contributed by atoms with E-state index in [1.54, 1.807) is 24.2 Å². The van der Waals surface area contributed by atoms with Crippen molar-refractivity contribution in [3.05, 3.63) is 82.5 Å². The predicted octanol–water partition coefficient (Wildman–Crippen LogP) is 3.18. The Bertz CT molecular complexity index is 1340. The lowest BCUT2D eigenvalue weighted by Gasteiger charge is -2.39. The number of nitrogens with zero attached hydrogens (tertiary/aromatic N) is 4. The van der Waals surface area contributed by atoms with Gasteiger partial charge in [0.1, 0.15) is 0 Å². The number of aromatic amines is 2. The van der Waals surface area contributed by atoms with Crippen molar-refractivity contribution in [3.8, 4) is 11.3 Å². The Balaban J connectivity index is 1.54. The Hall–Kier alpha value is -3.98. The van der Waals surface area contributed by atoms with Crippen LogP contribution >= 0.6 is 0 Å². The molecule has 1 aliphatic heterocycles. The first-order chi connectivity index (χ1) is 16.6. The highest BCUT2D eigenvalue weighted by Crippen LogP contribution is 2.31. The molecule has 4 heterocycles. The van der Waals surface area contributed by atoms with E-state index in [2.05, 4.69) is 43.3 Å². The Morgan fingerprint density at radius 1 is 1.09 bits per heavy atom. The van der Waals surface area contributed by atoms with Gasteiger partial charge in [-0.05, 0) is 48.2 Å². The third-order valence-corrected chi connectivity index (χ3v) is 6.20. The van der Waals surface area contributed by atoms with Crippen LogP contribution in [0.2, 0.25) is 0 Å². The number of amides is 1. The van der Waals surface area contributed by atoms with Gasteiger partial charge < -0.3 is 14.6 Å². The van der Waals surface area contributed by atoms with Crippen molar-refractivity contribution in [1.29, 1.82) is 0 Å². The van der Waals surface area contributed by atoms with Gasteiger partial charge in [0.25, 0.3) is 5.56 Å². The van der Waals surface area contributed by atoms with Gasteiger partial charge in [-0.1, -0.05) is 12.1 Å². The molecule has 4 aromatic rings. The highest BCUT2D eigenvalue weighted by Gasteiger charge is 2.31. The fourth-order valence-corrected chi connectivity index (χ4v) is 4.49. The molecule has 0 saturated carbocycles. The van der Waals surface area contributed by atoms with Crippen LogP contribution in [0.3, 0.4) is 0 Å². The summed E-state index contributed by atoms with van der Waals surface area (Å²) in [6.07, 6.45) is 5.01. The topological polar surface area (TPSA) is 107 Å². The lowest BCUT2D eigenvalue weighted by molar-refractivity contribution is 0.0713. The number of pyridine rings is 1. The second-order valence-corrected chi connectivity index (χ2v) is 8.22. The highest BCUT2D eigenvalue weighted by atomic mass is 16.6. The maximum atomic E-state index is 13.1. The van der Waals surface area contributed by atoms with Crippen LogP contribution in [-0.2, 0) is 4.74 Å². The Morgan fingerprint density at radius 2 is 1.88 bits per heavy atom. The number of ether oxygens (including phenoxy) is 1. The number of rotatable bonds is 5. The van der Waals surface area contributed by atoms with Crippen molar-refractivity contribution in [2.24, 2.45) is 0 Å². The van der Waals surface area contributed by atoms with Crippen molar-refractivity contribution in [2.75, 3.05) is 32.8 Å². The number of carbonyl (C=O) groups is 1. The SMILES string of the molecule is CCOC(=O)N1CCN(C(c2ccc3cc[nH]c3c2)c2cc(-c3ccncc3)n[nH]c2=O)CC1. The Morgan fingerprint density at radius 3 is 2.65 bits per heavy atom. The maximum absolute atomic E-state index is 13.1. The molecule has 1 aliphatic rings. The van der Waals surface area contributed by atoms with Crippen LogP contribution in [-0.4, -0.2) is 68.8 Å². The molecule has 0 spiro atoms. The van der Waals surface area contributed by atoms with Gasteiger partial charge >= 0.3 is 6.09 Å². The molecule has 5 rings (SSSR count). The first-order valence-corrected chi connectivity index (χ1v) is 11.4. The second kappa shape index (κ2) is 9.48. The third kappa shape index (κ3) is 4.29. The van der Waals surface area contributed by atoms with E-state index in [1.807, 2.05) is 30.5 Å². The maximum Gasteiger partial charge on any atom is 0.409 e. The number of nitrogens with one attached hydrogen (secondary N) is 2. The fraction of sp³-hybridized carbons (Fsp3) is 0.280. The van der Waals surface area contributed by atoms with Crippen LogP contribution in [0.15, 0.2) is 65.8 Å². The molecule has 1 saturated heterocycles. The average Bonchev–Trinajstić information content (AvgIpc) is 3.35. The van der Waals surface area contributed by atoms with E-state index in [9.17, 15) is 9.59 Å². The summed E-state index contributed by atoms with van der Waals surface area (Å²) in [4.78, 5) is 36.6. The van der Waals surface area contributed by atoms with Crippen molar-refractivity contribution in [1.82, 2.24) is 30.0 Å². The third-order valence-electron chi connectivity index (χ3n) is 6.20. The minimum Gasteiger partial charge on any atom is -0.450 e. The average molecular weight is 459 g/mol. The van der Waals surface area contributed by atoms with E-state index in [4.69, 9.17) is 4.74 Å². The van der Waals surface area contributed by atoms with Crippen LogP contribution in [0.5, 0.6) is 0 Å². The Labute approximate surface area is 196 Å². The number of carbonyl (C=O) groups excluding carboxylic acids is 1. The van der Waals surface area contributed by atoms with Crippen molar-refractivity contribution in [3.63, 3.8) is 0 Å². The number of aromatic nitrogens is 4. The minimum atomic E-state index is -0.301. The van der Waals surface area contributed by atoms with Crippen LogP contribution in [0, 0.1) is 0 Å². The van der Waals surface area contributed by atoms with E-state index in [0.717, 1.165) is 22.0 Å². The van der Waals surface area contributed by atoms with E-state index in [1.165, 1.54) is 0 Å². The van der Waals surface area contributed by atoms with Gasteiger partial charge in [0, 0.05) is 61.4 Å². The molecule has 2 N–H and O–H groups in total. The fourth-order valence-electron chi connectivity index (χ4n) is 4.49. The number of piperazine rings is 1. The highest BCUT2D eigenvalue weighted by molar-refractivity contribution is 5.80. The van der Waals surface area contributed by atoms with E-state index in [0.29, 0.717) is 44.0 Å². The summed E-state index contributed by atoms with van der Waals surface area (Å²) < 4.78 is 5.17. The molecule has 9 nitrogen and oxygen atoms in total. The van der Waals surface area contributed by atoms with Crippen LogP contribution < -0.4 is 5.56 Å². The van der Waals surface area contributed by atoms with Gasteiger partial charge in [-0.3, -0.25) is 14.7 Å². The summed E-state index contributed by atoms with van der Waals surface area (Å²) in [5.74, 6) is 0. The molecule has 0 aliphatic carbocycles. The van der Waals surface area contributed by atoms with Gasteiger partial charge in [-0.25, -0.2) is 9.89 Å². The molecule has 1 atom stereocenters. The molecule has 1 aromatic carbocycles. The summed E-state index contributed by atoms with van der Waals surface area (Å²) in [6, 6.07) is 13.5. The number of benzene rings is 1. The zero-order chi connectivity index (χ0) is 23.5. The number of fused-ring (bicyclic) bond motifs is 1. The number of hydrogen-bond donors (Lipinski definition) is 2. The summed E-state index contributed by atoms with van der Waals surface area (Å²) >= 11 is 0. The lowest BCUT2D eigenvalue weighted by Crippen LogP contribution is -2.50. The minimum absolute atomic E-state index is 0.234. The first-order valence-electron chi connectivity index (χ1n) is 11.4. The lowest BCUT2D eigenvalue weighted by atomic mass is 9.95. The molecule has 0 bridgehead atoms. The quantitative estimate of drug-likeness (QED) is 0.476. The van der Waals surface area contributed by atoms with Crippen molar-refractivity contribution >= 4 is 17.0 Å². The predicted molar refractivity (Wildman–Crippen MR) is 128 cm³/mol. The standard InChI is InChI=1S/C25H26N6O3/c1-2-34-25(33)31-13-11-30(12-14-31)23(19-4-3-17-7-10-27-21(17)15-19)20-16-22(28-29-24(20)32)18-5-8-26-9-6-18/h3-10,15-16,23,27H,2,11-14H2,1H3,(H,29,32). The van der Waals surface area contributed by atoms with Gasteiger partial charge in [-0.2, -0.15) is 5.10 Å². The van der Waals surface area contributed by atoms with Crippen LogP contribution in [0.1, 0.15) is 24.1 Å². The van der Waals surface area contributed by atoms with Gasteiger partial charge in [-0.15, -0.1) is 0 Å². The molecule has 0 radical (unpaired) electrons. The molecule has 3 aromatic heterocycles. The zero-order valence-corrected chi connectivity index (χ0v) is 18.9. The zero-order valence-electron chi connectivity index (χ0n) is 18.9. The van der Waals surface area contributed by atoms with Crippen LogP contribution in [0.4, 0.5) is 4.79 Å². The van der Waals surface area contributed by atoms with E-state index >= 15 is 0 Å². The van der Waals surface area contributed by atoms with Crippen molar-refractivity contribution < 1.29 is 9.53 Å². The molecule has 174 valence electrons. The molecular formula is C25H26N6O3. The first kappa shape index (κ1) is 21.8. The molecule has 1 fully saturated rings. The molecule has 9 heteroatoms. The van der Waals surface area contributed by atoms with E-state index < -0.39 is 0 Å². The van der Waals surface area contributed by atoms with E-state index in [-0.39, 0.29) is 17.7 Å². The summed E-state index contributed by atoms with van der Waals surface area (Å²) in [7, 11) is 0. The monoisotopic (exact) mass is 458 g/mol. The van der Waals surface area contributed by atoms with Gasteiger partial charge in [0.05, 0.1) is 18.3 Å². The largest absolute Gasteiger partial charge is 0.450 e. The van der Waals surface area contributed by atoms with Crippen molar-refractivity contribution in [2.45, 2.75) is 13.0 Å². The normalized spacial score (nSPS) is 15.4. The second-order valence-electron chi connectivity index (χ2n) is 8.22. The van der Waals surface area contributed by atoms with Gasteiger partial charge in [0.2, 0.25) is 0 Å². The smallest absolute Gasteiger partial charge is 0.409 e. The van der Waals surface area contributed by atoms with Crippen LogP contribution in [0.25, 0.3) is 22.2 Å². The number of H-pyrrole nitrogens is 2. The molecule has 34 heavy (non-hydrogen) atoms. The molecule has 1 amide bonds. The summed E-state index contributed by atoms with van der Waals surface area (Å²) in [5, 5.41) is 8.06. The molecular weight excluding hydrogens is 432 g/mol. The Kier molecular flexibility index (Phi) is 6.09. The summed E-state index contributed by atoms with van der Waals surface area (Å²) in [6.45, 7) is 4.43. The van der Waals surface area contributed by atoms with Gasteiger partial charge in [0.15, 0.2) is 0 Å². The molecule has 1 unspecified atom stereocenters. The number of hydrogen-bond acceptors (Lipinski definition) is 6.